The predicted octanol–water partition coefficient (Wildman–Crippen LogP) is 3.56. The molecular formula is C16H13N3O3S. The van der Waals surface area contributed by atoms with E-state index in [0.29, 0.717) is 23.3 Å². The van der Waals surface area contributed by atoms with Gasteiger partial charge < -0.3 is 15.2 Å². The van der Waals surface area contributed by atoms with Crippen LogP contribution in [0.1, 0.15) is 16.1 Å². The number of anilines is 2. The van der Waals surface area contributed by atoms with Crippen LogP contribution >= 0.6 is 11.3 Å². The van der Waals surface area contributed by atoms with Gasteiger partial charge >= 0.3 is 5.97 Å². The van der Waals surface area contributed by atoms with Gasteiger partial charge in [-0.05, 0) is 17.7 Å². The fraction of sp³-hybridized carbons (Fsp3) is 0.0625. The Morgan fingerprint density at radius 2 is 2.04 bits per heavy atom. The maximum Gasteiger partial charge on any atom is 0.355 e. The highest BCUT2D eigenvalue weighted by molar-refractivity contribution is 7.14. The molecule has 0 saturated heterocycles. The molecule has 0 spiro atoms. The largest absolute Gasteiger partial charge is 0.485 e. The second-order valence-corrected chi connectivity index (χ2v) is 5.45. The molecule has 6 nitrogen and oxygen atoms in total. The van der Waals surface area contributed by atoms with Gasteiger partial charge in [0.1, 0.15) is 6.61 Å². The number of nitrogens with zero attached hydrogens (tertiary/aromatic N) is 2. The number of aromatic nitrogens is 2. The van der Waals surface area contributed by atoms with Crippen LogP contribution in [-0.2, 0) is 6.61 Å². The summed E-state index contributed by atoms with van der Waals surface area (Å²) in [5.41, 5.74) is 1.05. The average molecular weight is 327 g/mol. The number of carboxylic acid groups (broad SMARTS) is 1. The van der Waals surface area contributed by atoms with Crippen molar-refractivity contribution >= 4 is 28.3 Å². The Balaban J connectivity index is 1.73. The van der Waals surface area contributed by atoms with Gasteiger partial charge in [0.15, 0.2) is 22.4 Å². The van der Waals surface area contributed by atoms with Gasteiger partial charge in [0.05, 0.1) is 0 Å². The highest BCUT2D eigenvalue weighted by Crippen LogP contribution is 2.27. The molecule has 116 valence electrons. The van der Waals surface area contributed by atoms with E-state index in [1.54, 1.807) is 18.3 Å². The average Bonchev–Trinajstić information content (AvgIpc) is 3.04. The number of hydrogen-bond acceptors (Lipinski definition) is 6. The third kappa shape index (κ3) is 3.83. The Morgan fingerprint density at radius 1 is 1.22 bits per heavy atom. The predicted molar refractivity (Wildman–Crippen MR) is 87.4 cm³/mol. The molecule has 2 N–H and O–H groups in total. The standard InChI is InChI=1S/C16H13N3O3S/c20-15(21)12-10-23-16(18-12)19-14-13(7-4-8-17-14)22-9-11-5-2-1-3-6-11/h1-8,10H,9H2,(H,20,21)(H,17,18,19). The van der Waals surface area contributed by atoms with E-state index in [0.717, 1.165) is 5.56 Å². The summed E-state index contributed by atoms with van der Waals surface area (Å²) in [7, 11) is 0. The minimum Gasteiger partial charge on any atom is -0.485 e. The molecule has 0 saturated carbocycles. The second kappa shape index (κ2) is 6.89. The summed E-state index contributed by atoms with van der Waals surface area (Å²) >= 11 is 1.20. The molecule has 0 bridgehead atoms. The minimum absolute atomic E-state index is 0.000171. The molecule has 7 heteroatoms. The summed E-state index contributed by atoms with van der Waals surface area (Å²) in [6.07, 6.45) is 1.63. The quantitative estimate of drug-likeness (QED) is 0.720. The van der Waals surface area contributed by atoms with Crippen molar-refractivity contribution < 1.29 is 14.6 Å². The Kier molecular flexibility index (Phi) is 4.49. The lowest BCUT2D eigenvalue weighted by Crippen LogP contribution is -2.01. The van der Waals surface area contributed by atoms with Crippen LogP contribution in [0.5, 0.6) is 5.75 Å². The first-order chi connectivity index (χ1) is 11.2. The zero-order chi connectivity index (χ0) is 16.1. The summed E-state index contributed by atoms with van der Waals surface area (Å²) in [5.74, 6) is 0.00835. The van der Waals surface area contributed by atoms with Gasteiger partial charge in [0.25, 0.3) is 0 Å². The first-order valence-electron chi connectivity index (χ1n) is 6.80. The van der Waals surface area contributed by atoms with Gasteiger partial charge in [0, 0.05) is 11.6 Å². The Hall–Kier alpha value is -2.93. The van der Waals surface area contributed by atoms with E-state index in [9.17, 15) is 4.79 Å². The third-order valence-electron chi connectivity index (χ3n) is 2.96. The zero-order valence-corrected chi connectivity index (χ0v) is 12.8. The van der Waals surface area contributed by atoms with Gasteiger partial charge in [0.2, 0.25) is 0 Å². The first kappa shape index (κ1) is 15.0. The van der Waals surface area contributed by atoms with Crippen molar-refractivity contribution in [2.45, 2.75) is 6.61 Å². The van der Waals surface area contributed by atoms with E-state index in [-0.39, 0.29) is 5.69 Å². The molecule has 0 radical (unpaired) electrons. The van der Waals surface area contributed by atoms with Crippen molar-refractivity contribution in [2.75, 3.05) is 5.32 Å². The van der Waals surface area contributed by atoms with Crippen molar-refractivity contribution in [3.8, 4) is 5.75 Å². The van der Waals surface area contributed by atoms with Crippen LogP contribution in [0.4, 0.5) is 10.9 Å². The molecule has 0 atom stereocenters. The van der Waals surface area contributed by atoms with Crippen molar-refractivity contribution in [3.05, 3.63) is 65.3 Å². The van der Waals surface area contributed by atoms with E-state index in [4.69, 9.17) is 9.84 Å². The highest BCUT2D eigenvalue weighted by Gasteiger charge is 2.11. The van der Waals surface area contributed by atoms with Crippen LogP contribution in [-0.4, -0.2) is 21.0 Å². The van der Waals surface area contributed by atoms with Crippen LogP contribution in [0, 0.1) is 0 Å². The fourth-order valence-electron chi connectivity index (χ4n) is 1.87. The molecule has 0 amide bonds. The molecule has 3 rings (SSSR count). The second-order valence-electron chi connectivity index (χ2n) is 4.59. The molecule has 3 aromatic rings. The molecule has 0 aliphatic rings. The van der Waals surface area contributed by atoms with E-state index in [1.807, 2.05) is 30.3 Å². The van der Waals surface area contributed by atoms with Crippen LogP contribution in [0.15, 0.2) is 54.0 Å². The molecule has 0 aliphatic carbocycles. The van der Waals surface area contributed by atoms with E-state index in [1.165, 1.54) is 16.7 Å². The zero-order valence-electron chi connectivity index (χ0n) is 12.0. The molecule has 2 aromatic heterocycles. The summed E-state index contributed by atoms with van der Waals surface area (Å²) in [6, 6.07) is 13.4. The number of aromatic carboxylic acids is 1. The number of rotatable bonds is 6. The molecule has 0 aliphatic heterocycles. The number of pyridine rings is 1. The van der Waals surface area contributed by atoms with Crippen molar-refractivity contribution in [3.63, 3.8) is 0 Å². The van der Waals surface area contributed by atoms with E-state index < -0.39 is 5.97 Å². The van der Waals surface area contributed by atoms with E-state index >= 15 is 0 Å². The third-order valence-corrected chi connectivity index (χ3v) is 3.71. The summed E-state index contributed by atoms with van der Waals surface area (Å²) in [5, 5.41) is 13.8. The van der Waals surface area contributed by atoms with Gasteiger partial charge in [-0.25, -0.2) is 14.8 Å². The van der Waals surface area contributed by atoms with Crippen LogP contribution in [0.2, 0.25) is 0 Å². The molecule has 2 heterocycles. The number of carbonyl (C=O) groups is 1. The first-order valence-corrected chi connectivity index (χ1v) is 7.68. The lowest BCUT2D eigenvalue weighted by molar-refractivity contribution is 0.0691. The summed E-state index contributed by atoms with van der Waals surface area (Å²) in [6.45, 7) is 0.416. The number of carboxylic acids is 1. The SMILES string of the molecule is O=C(O)c1csc(Nc2ncccc2OCc2ccccc2)n1. The Labute approximate surface area is 136 Å². The number of hydrogen-bond donors (Lipinski definition) is 2. The topological polar surface area (TPSA) is 84.3 Å². The summed E-state index contributed by atoms with van der Waals surface area (Å²) in [4.78, 5) is 19.1. The minimum atomic E-state index is -1.06. The lowest BCUT2D eigenvalue weighted by atomic mass is 10.2. The molecule has 0 unspecified atom stereocenters. The molecular weight excluding hydrogens is 314 g/mol. The Bertz CT molecular complexity index is 805. The van der Waals surface area contributed by atoms with Gasteiger partial charge in [-0.15, -0.1) is 11.3 Å². The lowest BCUT2D eigenvalue weighted by Gasteiger charge is -2.10. The maximum absolute atomic E-state index is 10.9. The normalized spacial score (nSPS) is 10.3. The smallest absolute Gasteiger partial charge is 0.355 e. The Morgan fingerprint density at radius 3 is 2.78 bits per heavy atom. The number of thiazole rings is 1. The molecule has 23 heavy (non-hydrogen) atoms. The van der Waals surface area contributed by atoms with Crippen molar-refractivity contribution in [2.24, 2.45) is 0 Å². The molecule has 0 fully saturated rings. The van der Waals surface area contributed by atoms with Gasteiger partial charge in [-0.3, -0.25) is 0 Å². The van der Waals surface area contributed by atoms with E-state index in [2.05, 4.69) is 15.3 Å². The van der Waals surface area contributed by atoms with Crippen molar-refractivity contribution in [1.82, 2.24) is 9.97 Å². The molecule has 1 aromatic carbocycles. The van der Waals surface area contributed by atoms with Gasteiger partial charge in [-0.1, -0.05) is 30.3 Å². The van der Waals surface area contributed by atoms with Crippen LogP contribution in [0.3, 0.4) is 0 Å². The summed E-state index contributed by atoms with van der Waals surface area (Å²) < 4.78 is 5.79. The van der Waals surface area contributed by atoms with Gasteiger partial charge in [-0.2, -0.15) is 0 Å². The van der Waals surface area contributed by atoms with Crippen LogP contribution < -0.4 is 10.1 Å². The number of benzene rings is 1. The highest BCUT2D eigenvalue weighted by atomic mass is 32.1. The fourth-order valence-corrected chi connectivity index (χ4v) is 2.55. The number of ether oxygens (including phenoxy) is 1. The monoisotopic (exact) mass is 327 g/mol. The van der Waals surface area contributed by atoms with Crippen LogP contribution in [0.25, 0.3) is 0 Å². The number of nitrogens with one attached hydrogen (secondary N) is 1. The van der Waals surface area contributed by atoms with Crippen molar-refractivity contribution in [1.29, 1.82) is 0 Å². The maximum atomic E-state index is 10.9.